The van der Waals surface area contributed by atoms with Crippen molar-refractivity contribution >= 4 is 0 Å². The Morgan fingerprint density at radius 3 is 3.00 bits per heavy atom. The van der Waals surface area contributed by atoms with Crippen LogP contribution in [0.15, 0.2) is 0 Å². The van der Waals surface area contributed by atoms with Crippen LogP contribution >= 0.6 is 0 Å². The van der Waals surface area contributed by atoms with E-state index in [9.17, 15) is 0 Å². The molecule has 1 saturated heterocycles. The van der Waals surface area contributed by atoms with Crippen LogP contribution in [-0.2, 0) is 9.47 Å². The monoisotopic (exact) mass is 174 g/mol. The molecule has 0 saturated carbocycles. The minimum absolute atomic E-state index is 0.262. The van der Waals surface area contributed by atoms with Crippen molar-refractivity contribution in [2.45, 2.75) is 38.4 Å². The van der Waals surface area contributed by atoms with Gasteiger partial charge in [0.25, 0.3) is 0 Å². The van der Waals surface area contributed by atoms with Gasteiger partial charge in [-0.3, -0.25) is 0 Å². The van der Waals surface area contributed by atoms with E-state index < -0.39 is 0 Å². The van der Waals surface area contributed by atoms with E-state index in [0.29, 0.717) is 13.2 Å². The van der Waals surface area contributed by atoms with Crippen molar-refractivity contribution in [1.29, 1.82) is 0 Å². The summed E-state index contributed by atoms with van der Waals surface area (Å²) >= 11 is 0. The van der Waals surface area contributed by atoms with Gasteiger partial charge in [0.1, 0.15) is 0 Å². The van der Waals surface area contributed by atoms with E-state index >= 15 is 0 Å². The van der Waals surface area contributed by atoms with Gasteiger partial charge in [-0.25, -0.2) is 0 Å². The SMILES string of the molecule is CC(O)COCC1CCCCO1. The normalized spacial score (nSPS) is 27.0. The third-order valence-electron chi connectivity index (χ3n) is 1.94. The Morgan fingerprint density at radius 1 is 1.58 bits per heavy atom. The summed E-state index contributed by atoms with van der Waals surface area (Å²) in [6, 6.07) is 0. The molecule has 1 fully saturated rings. The highest BCUT2D eigenvalue weighted by Gasteiger charge is 2.13. The van der Waals surface area contributed by atoms with Gasteiger partial charge >= 0.3 is 0 Å². The standard InChI is InChI=1S/C9H18O3/c1-8(10)6-11-7-9-4-2-3-5-12-9/h8-10H,2-7H2,1H3. The van der Waals surface area contributed by atoms with E-state index in [4.69, 9.17) is 14.6 Å². The highest BCUT2D eigenvalue weighted by atomic mass is 16.5. The number of ether oxygens (including phenoxy) is 2. The molecule has 0 spiro atoms. The zero-order valence-electron chi connectivity index (χ0n) is 7.66. The maximum absolute atomic E-state index is 8.92. The van der Waals surface area contributed by atoms with Crippen molar-refractivity contribution in [3.05, 3.63) is 0 Å². The quantitative estimate of drug-likeness (QED) is 0.689. The Hall–Kier alpha value is -0.120. The van der Waals surface area contributed by atoms with Crippen LogP contribution in [0.2, 0.25) is 0 Å². The first kappa shape index (κ1) is 9.96. The summed E-state index contributed by atoms with van der Waals surface area (Å²) in [5.41, 5.74) is 0. The van der Waals surface area contributed by atoms with Crippen LogP contribution < -0.4 is 0 Å². The molecule has 0 aromatic carbocycles. The molecule has 0 bridgehead atoms. The van der Waals surface area contributed by atoms with Gasteiger partial charge in [0.15, 0.2) is 0 Å². The summed E-state index contributed by atoms with van der Waals surface area (Å²) in [5, 5.41) is 8.92. The number of hydrogen-bond donors (Lipinski definition) is 1. The lowest BCUT2D eigenvalue weighted by Gasteiger charge is -2.22. The minimum Gasteiger partial charge on any atom is -0.391 e. The zero-order chi connectivity index (χ0) is 8.81. The van der Waals surface area contributed by atoms with E-state index in [0.717, 1.165) is 13.0 Å². The van der Waals surface area contributed by atoms with Gasteiger partial charge < -0.3 is 14.6 Å². The van der Waals surface area contributed by atoms with Crippen LogP contribution in [0.3, 0.4) is 0 Å². The van der Waals surface area contributed by atoms with Crippen molar-refractivity contribution in [2.75, 3.05) is 19.8 Å². The van der Waals surface area contributed by atoms with E-state index in [1.54, 1.807) is 6.92 Å². The molecule has 72 valence electrons. The zero-order valence-corrected chi connectivity index (χ0v) is 7.66. The average Bonchev–Trinajstić information content (AvgIpc) is 2.05. The fourth-order valence-corrected chi connectivity index (χ4v) is 1.31. The molecule has 1 N–H and O–H groups in total. The maximum Gasteiger partial charge on any atom is 0.0808 e. The summed E-state index contributed by atoms with van der Waals surface area (Å²) < 4.78 is 10.7. The van der Waals surface area contributed by atoms with Crippen molar-refractivity contribution in [2.24, 2.45) is 0 Å². The first-order valence-electron chi connectivity index (χ1n) is 4.66. The molecule has 1 aliphatic rings. The first-order chi connectivity index (χ1) is 5.79. The van der Waals surface area contributed by atoms with Crippen molar-refractivity contribution in [3.63, 3.8) is 0 Å². The second-order valence-corrected chi connectivity index (χ2v) is 3.38. The van der Waals surface area contributed by atoms with Gasteiger partial charge in [-0.05, 0) is 26.2 Å². The first-order valence-corrected chi connectivity index (χ1v) is 4.66. The smallest absolute Gasteiger partial charge is 0.0808 e. The summed E-state index contributed by atoms with van der Waals surface area (Å²) in [4.78, 5) is 0. The molecule has 0 amide bonds. The molecule has 2 atom stereocenters. The van der Waals surface area contributed by atoms with Gasteiger partial charge in [-0.15, -0.1) is 0 Å². The van der Waals surface area contributed by atoms with Gasteiger partial charge in [-0.1, -0.05) is 0 Å². The second kappa shape index (κ2) is 5.51. The number of hydrogen-bond acceptors (Lipinski definition) is 3. The lowest BCUT2D eigenvalue weighted by Crippen LogP contribution is -2.26. The molecule has 1 heterocycles. The van der Waals surface area contributed by atoms with Gasteiger partial charge in [0.05, 0.1) is 25.4 Å². The summed E-state index contributed by atoms with van der Waals surface area (Å²) in [6.45, 7) is 3.63. The average molecular weight is 174 g/mol. The van der Waals surface area contributed by atoms with Gasteiger partial charge in [0, 0.05) is 6.61 Å². The Balaban J connectivity index is 1.98. The predicted octanol–water partition coefficient (Wildman–Crippen LogP) is 0.953. The van der Waals surface area contributed by atoms with E-state index in [1.165, 1.54) is 12.8 Å². The fraction of sp³-hybridized carbons (Fsp3) is 1.00. The molecule has 12 heavy (non-hydrogen) atoms. The van der Waals surface area contributed by atoms with E-state index in [2.05, 4.69) is 0 Å². The molecule has 2 unspecified atom stereocenters. The Morgan fingerprint density at radius 2 is 2.42 bits per heavy atom. The van der Waals surface area contributed by atoms with E-state index in [1.807, 2.05) is 0 Å². The topological polar surface area (TPSA) is 38.7 Å². The van der Waals surface area contributed by atoms with Gasteiger partial charge in [-0.2, -0.15) is 0 Å². The number of aliphatic hydroxyl groups excluding tert-OH is 1. The highest BCUT2D eigenvalue weighted by Crippen LogP contribution is 2.12. The molecule has 3 heteroatoms. The molecular formula is C9H18O3. The third-order valence-corrected chi connectivity index (χ3v) is 1.94. The van der Waals surface area contributed by atoms with Crippen LogP contribution in [0.25, 0.3) is 0 Å². The van der Waals surface area contributed by atoms with Crippen LogP contribution in [0, 0.1) is 0 Å². The molecule has 3 nitrogen and oxygen atoms in total. The van der Waals surface area contributed by atoms with Crippen molar-refractivity contribution < 1.29 is 14.6 Å². The third kappa shape index (κ3) is 4.04. The van der Waals surface area contributed by atoms with Crippen LogP contribution in [0.4, 0.5) is 0 Å². The molecule has 1 rings (SSSR count). The van der Waals surface area contributed by atoms with Crippen LogP contribution in [0.1, 0.15) is 26.2 Å². The lowest BCUT2D eigenvalue weighted by atomic mass is 10.1. The fourth-order valence-electron chi connectivity index (χ4n) is 1.31. The molecular weight excluding hydrogens is 156 g/mol. The summed E-state index contributed by atoms with van der Waals surface area (Å²) in [7, 11) is 0. The maximum atomic E-state index is 8.92. The largest absolute Gasteiger partial charge is 0.391 e. The van der Waals surface area contributed by atoms with Crippen molar-refractivity contribution in [1.82, 2.24) is 0 Å². The number of rotatable bonds is 4. The molecule has 0 aliphatic carbocycles. The minimum atomic E-state index is -0.367. The van der Waals surface area contributed by atoms with Crippen molar-refractivity contribution in [3.8, 4) is 0 Å². The van der Waals surface area contributed by atoms with E-state index in [-0.39, 0.29) is 12.2 Å². The van der Waals surface area contributed by atoms with Crippen LogP contribution in [0.5, 0.6) is 0 Å². The second-order valence-electron chi connectivity index (χ2n) is 3.38. The summed E-state index contributed by atoms with van der Waals surface area (Å²) in [6.07, 6.45) is 3.40. The highest BCUT2D eigenvalue weighted by molar-refractivity contribution is 4.62. The Bertz CT molecular complexity index is 108. The predicted molar refractivity (Wildman–Crippen MR) is 46.1 cm³/mol. The molecule has 0 radical (unpaired) electrons. The summed E-state index contributed by atoms with van der Waals surface area (Å²) in [5.74, 6) is 0. The molecule has 1 aliphatic heterocycles. The molecule has 0 aromatic rings. The van der Waals surface area contributed by atoms with Crippen LogP contribution in [-0.4, -0.2) is 37.1 Å². The Labute approximate surface area is 73.7 Å². The van der Waals surface area contributed by atoms with Gasteiger partial charge in [0.2, 0.25) is 0 Å². The molecule has 0 aromatic heterocycles. The lowest BCUT2D eigenvalue weighted by molar-refractivity contribution is -0.0547. The number of aliphatic hydroxyl groups is 1. The Kier molecular flexibility index (Phi) is 4.58.